The molecule has 172 valence electrons. The SMILES string of the molecule is COC(CNC(=O)Nc1ccccc1-c1cc(C(C)C)ccc1CC1(C(N)=O)CC1)OC. The molecule has 4 N–H and O–H groups in total. The van der Waals surface area contributed by atoms with Crippen molar-refractivity contribution in [2.45, 2.75) is 45.3 Å². The van der Waals surface area contributed by atoms with Crippen LogP contribution in [0.25, 0.3) is 11.1 Å². The van der Waals surface area contributed by atoms with Gasteiger partial charge in [-0.3, -0.25) is 4.79 Å². The van der Waals surface area contributed by atoms with Crippen molar-refractivity contribution in [2.75, 3.05) is 26.1 Å². The number of hydrogen-bond acceptors (Lipinski definition) is 4. The van der Waals surface area contributed by atoms with E-state index in [-0.39, 0.29) is 18.5 Å². The van der Waals surface area contributed by atoms with Crippen molar-refractivity contribution in [1.29, 1.82) is 0 Å². The van der Waals surface area contributed by atoms with Crippen molar-refractivity contribution in [1.82, 2.24) is 5.32 Å². The number of nitrogens with one attached hydrogen (secondary N) is 2. The lowest BCUT2D eigenvalue weighted by molar-refractivity contribution is -0.123. The second kappa shape index (κ2) is 10.1. The molecule has 0 radical (unpaired) electrons. The van der Waals surface area contributed by atoms with Crippen molar-refractivity contribution >= 4 is 17.6 Å². The predicted molar refractivity (Wildman–Crippen MR) is 125 cm³/mol. The third kappa shape index (κ3) is 5.47. The van der Waals surface area contributed by atoms with Crippen LogP contribution in [0.3, 0.4) is 0 Å². The van der Waals surface area contributed by atoms with Gasteiger partial charge in [0.25, 0.3) is 0 Å². The highest BCUT2D eigenvalue weighted by molar-refractivity contribution is 5.95. The second-order valence-corrected chi connectivity index (χ2v) is 8.67. The molecule has 0 atom stereocenters. The number of benzene rings is 2. The smallest absolute Gasteiger partial charge is 0.319 e. The lowest BCUT2D eigenvalue weighted by Gasteiger charge is -2.20. The van der Waals surface area contributed by atoms with Gasteiger partial charge in [0.15, 0.2) is 6.29 Å². The normalized spacial score (nSPS) is 14.4. The van der Waals surface area contributed by atoms with E-state index in [0.717, 1.165) is 29.5 Å². The summed E-state index contributed by atoms with van der Waals surface area (Å²) in [4.78, 5) is 24.6. The summed E-state index contributed by atoms with van der Waals surface area (Å²) in [5, 5.41) is 5.69. The Bertz CT molecular complexity index is 965. The molecule has 1 aliphatic rings. The van der Waals surface area contributed by atoms with Crippen molar-refractivity contribution < 1.29 is 19.1 Å². The maximum absolute atomic E-state index is 12.5. The lowest BCUT2D eigenvalue weighted by Crippen LogP contribution is -2.36. The van der Waals surface area contributed by atoms with Crippen LogP contribution in [-0.2, 0) is 20.7 Å². The molecule has 32 heavy (non-hydrogen) atoms. The minimum absolute atomic E-state index is 0.218. The fraction of sp³-hybridized carbons (Fsp3) is 0.440. The van der Waals surface area contributed by atoms with Crippen molar-refractivity contribution in [3.05, 3.63) is 53.6 Å². The number of anilines is 1. The molecule has 1 saturated carbocycles. The fourth-order valence-corrected chi connectivity index (χ4v) is 3.82. The van der Waals surface area contributed by atoms with Gasteiger partial charge < -0.3 is 25.8 Å². The van der Waals surface area contributed by atoms with Gasteiger partial charge in [0.2, 0.25) is 5.91 Å². The van der Waals surface area contributed by atoms with Crippen LogP contribution in [0.1, 0.15) is 43.7 Å². The van der Waals surface area contributed by atoms with E-state index < -0.39 is 11.7 Å². The van der Waals surface area contributed by atoms with Gasteiger partial charge in [-0.15, -0.1) is 0 Å². The van der Waals surface area contributed by atoms with Gasteiger partial charge in [0.05, 0.1) is 17.6 Å². The maximum Gasteiger partial charge on any atom is 0.319 e. The largest absolute Gasteiger partial charge is 0.369 e. The van der Waals surface area contributed by atoms with Gasteiger partial charge in [0, 0.05) is 19.8 Å². The van der Waals surface area contributed by atoms with E-state index in [2.05, 4.69) is 42.7 Å². The number of ether oxygens (including phenoxy) is 2. The van der Waals surface area contributed by atoms with Crippen molar-refractivity contribution in [2.24, 2.45) is 11.1 Å². The van der Waals surface area contributed by atoms with Crippen molar-refractivity contribution in [3.63, 3.8) is 0 Å². The zero-order valence-corrected chi connectivity index (χ0v) is 19.2. The Hall–Kier alpha value is -2.90. The predicted octanol–water partition coefficient (Wildman–Crippen LogP) is 4.03. The number of para-hydroxylation sites is 1. The monoisotopic (exact) mass is 439 g/mol. The molecular weight excluding hydrogens is 406 g/mol. The number of carbonyl (C=O) groups is 2. The van der Waals surface area contributed by atoms with Gasteiger partial charge >= 0.3 is 6.03 Å². The summed E-state index contributed by atoms with van der Waals surface area (Å²) in [7, 11) is 3.04. The minimum Gasteiger partial charge on any atom is -0.369 e. The lowest BCUT2D eigenvalue weighted by atomic mass is 9.87. The van der Waals surface area contributed by atoms with Crippen LogP contribution in [-0.4, -0.2) is 39.0 Å². The summed E-state index contributed by atoms with van der Waals surface area (Å²) in [5.41, 5.74) is 10.1. The average Bonchev–Trinajstić information content (AvgIpc) is 3.56. The third-order valence-corrected chi connectivity index (χ3v) is 6.13. The zero-order chi connectivity index (χ0) is 23.3. The second-order valence-electron chi connectivity index (χ2n) is 8.67. The summed E-state index contributed by atoms with van der Waals surface area (Å²) >= 11 is 0. The van der Waals surface area contributed by atoms with E-state index in [0.29, 0.717) is 18.0 Å². The average molecular weight is 440 g/mol. The van der Waals surface area contributed by atoms with Crippen LogP contribution >= 0.6 is 0 Å². The van der Waals surface area contributed by atoms with E-state index in [1.807, 2.05) is 24.3 Å². The number of urea groups is 1. The highest BCUT2D eigenvalue weighted by atomic mass is 16.7. The van der Waals surface area contributed by atoms with Crippen LogP contribution in [0.4, 0.5) is 10.5 Å². The highest BCUT2D eigenvalue weighted by Gasteiger charge is 2.48. The molecule has 0 spiro atoms. The first-order valence-corrected chi connectivity index (χ1v) is 10.9. The molecule has 0 heterocycles. The Kier molecular flexibility index (Phi) is 7.53. The first-order chi connectivity index (χ1) is 15.3. The Labute approximate surface area is 189 Å². The molecule has 3 rings (SSSR count). The molecule has 1 aliphatic carbocycles. The molecule has 0 aliphatic heterocycles. The number of amides is 3. The molecule has 0 bridgehead atoms. The summed E-state index contributed by atoms with van der Waals surface area (Å²) < 4.78 is 10.2. The molecule has 7 heteroatoms. The highest BCUT2D eigenvalue weighted by Crippen LogP contribution is 2.49. The van der Waals surface area contributed by atoms with Gasteiger partial charge in [-0.25, -0.2) is 4.79 Å². The van der Waals surface area contributed by atoms with Crippen LogP contribution < -0.4 is 16.4 Å². The van der Waals surface area contributed by atoms with Gasteiger partial charge in [-0.2, -0.15) is 0 Å². The van der Waals surface area contributed by atoms with Gasteiger partial charge in [-0.1, -0.05) is 50.2 Å². The van der Waals surface area contributed by atoms with Crippen molar-refractivity contribution in [3.8, 4) is 11.1 Å². The summed E-state index contributed by atoms with van der Waals surface area (Å²) in [5.74, 6) is 0.102. The van der Waals surface area contributed by atoms with Gasteiger partial charge in [-0.05, 0) is 47.9 Å². The topological polar surface area (TPSA) is 103 Å². The quantitative estimate of drug-likeness (QED) is 0.487. The van der Waals surface area contributed by atoms with E-state index in [9.17, 15) is 9.59 Å². The number of primary amides is 1. The van der Waals surface area contributed by atoms with Crippen LogP contribution in [0, 0.1) is 5.41 Å². The van der Waals surface area contributed by atoms with Gasteiger partial charge in [0.1, 0.15) is 0 Å². The van der Waals surface area contributed by atoms with Crippen LogP contribution in [0.15, 0.2) is 42.5 Å². The van der Waals surface area contributed by atoms with E-state index in [1.54, 1.807) is 0 Å². The maximum atomic E-state index is 12.5. The minimum atomic E-state index is -0.520. The molecule has 0 aromatic heterocycles. The number of methoxy groups -OCH3 is 2. The standard InChI is InChI=1S/C25H33N3O4/c1-16(2)17-9-10-18(14-25(11-12-25)23(26)29)20(13-17)19-7-5-6-8-21(19)28-24(30)27-15-22(31-3)32-4/h5-10,13,16,22H,11-12,14-15H2,1-4H3,(H2,26,29)(H2,27,28,30). The Morgan fingerprint density at radius 1 is 1.06 bits per heavy atom. The molecule has 0 unspecified atom stereocenters. The molecule has 0 saturated heterocycles. The molecule has 1 fully saturated rings. The molecule has 2 aromatic rings. The van der Waals surface area contributed by atoms with Crippen LogP contribution in [0.5, 0.6) is 0 Å². The summed E-state index contributed by atoms with van der Waals surface area (Å²) in [6.45, 7) is 4.50. The van der Waals surface area contributed by atoms with E-state index in [4.69, 9.17) is 15.2 Å². The number of hydrogen-bond donors (Lipinski definition) is 3. The molecular formula is C25H33N3O4. The van der Waals surface area contributed by atoms with E-state index in [1.165, 1.54) is 19.8 Å². The number of nitrogens with two attached hydrogens (primary N) is 1. The summed E-state index contributed by atoms with van der Waals surface area (Å²) in [6, 6.07) is 13.7. The third-order valence-electron chi connectivity index (χ3n) is 6.13. The molecule has 7 nitrogen and oxygen atoms in total. The van der Waals surface area contributed by atoms with Crippen LogP contribution in [0.2, 0.25) is 0 Å². The first-order valence-electron chi connectivity index (χ1n) is 10.9. The Morgan fingerprint density at radius 3 is 2.34 bits per heavy atom. The van der Waals surface area contributed by atoms with E-state index >= 15 is 0 Å². The number of rotatable bonds is 10. The zero-order valence-electron chi connectivity index (χ0n) is 19.2. The molecule has 2 aromatic carbocycles. The first kappa shape index (κ1) is 23.8. The number of carbonyl (C=O) groups excluding carboxylic acids is 2. The summed E-state index contributed by atoms with van der Waals surface area (Å²) in [6.07, 6.45) is 1.71. The Balaban J connectivity index is 1.92. The molecule has 3 amide bonds. The Morgan fingerprint density at radius 2 is 1.75 bits per heavy atom. The fourth-order valence-electron chi connectivity index (χ4n) is 3.82.